The average molecular weight is 344 g/mol. The molecule has 0 radical (unpaired) electrons. The van der Waals surface area contributed by atoms with Crippen molar-refractivity contribution in [1.82, 2.24) is 0 Å². The van der Waals surface area contributed by atoms with Gasteiger partial charge in [-0.05, 0) is 24.3 Å². The fourth-order valence-electron chi connectivity index (χ4n) is 2.02. The highest BCUT2D eigenvalue weighted by molar-refractivity contribution is 6.11. The number of amides is 1. The van der Waals surface area contributed by atoms with Crippen molar-refractivity contribution in [3.63, 3.8) is 0 Å². The van der Waals surface area contributed by atoms with Gasteiger partial charge in [0.15, 0.2) is 5.78 Å². The van der Waals surface area contributed by atoms with E-state index in [1.54, 1.807) is 0 Å². The number of anilines is 2. The average Bonchev–Trinajstić information content (AvgIpc) is 2.54. The second-order valence-electron chi connectivity index (χ2n) is 4.98. The van der Waals surface area contributed by atoms with E-state index in [1.165, 1.54) is 36.4 Å². The van der Waals surface area contributed by atoms with E-state index in [-0.39, 0.29) is 28.3 Å². The Morgan fingerprint density at radius 1 is 1.00 bits per heavy atom. The van der Waals surface area contributed by atoms with Crippen molar-refractivity contribution >= 4 is 34.4 Å². The molecule has 10 heteroatoms. The number of ketones is 1. The molecule has 0 bridgehead atoms. The Hall–Kier alpha value is -3.82. The van der Waals surface area contributed by atoms with Crippen LogP contribution in [-0.2, 0) is 4.79 Å². The van der Waals surface area contributed by atoms with E-state index in [9.17, 15) is 29.8 Å². The third-order valence-corrected chi connectivity index (χ3v) is 3.23. The van der Waals surface area contributed by atoms with Crippen LogP contribution in [0.15, 0.2) is 42.5 Å². The molecule has 10 nitrogen and oxygen atoms in total. The summed E-state index contributed by atoms with van der Waals surface area (Å²) in [6.07, 6.45) is -0.491. The maximum atomic E-state index is 12.0. The maximum Gasteiger partial charge on any atom is 0.292 e. The molecule has 0 heterocycles. The smallest absolute Gasteiger partial charge is 0.292 e. The quantitative estimate of drug-likeness (QED) is 0.267. The molecule has 0 fully saturated rings. The van der Waals surface area contributed by atoms with Gasteiger partial charge in [0.2, 0.25) is 5.91 Å². The fourth-order valence-corrected chi connectivity index (χ4v) is 2.02. The van der Waals surface area contributed by atoms with Gasteiger partial charge in [0.05, 0.1) is 16.3 Å². The highest BCUT2D eigenvalue weighted by atomic mass is 16.6. The number of nitrogens with one attached hydrogen (secondary N) is 1. The molecule has 2 aromatic rings. The lowest BCUT2D eigenvalue weighted by Gasteiger charge is -2.06. The minimum Gasteiger partial charge on any atom is -0.393 e. The first-order valence-electron chi connectivity index (χ1n) is 6.89. The lowest BCUT2D eigenvalue weighted by Crippen LogP contribution is -2.16. The second kappa shape index (κ2) is 7.17. The van der Waals surface area contributed by atoms with Gasteiger partial charge in [0.25, 0.3) is 11.4 Å². The number of benzene rings is 2. The van der Waals surface area contributed by atoms with Crippen LogP contribution in [0.3, 0.4) is 0 Å². The molecule has 0 unspecified atom stereocenters. The third kappa shape index (κ3) is 4.34. The summed E-state index contributed by atoms with van der Waals surface area (Å²) in [4.78, 5) is 43.9. The number of nitrogens with two attached hydrogens (primary N) is 1. The molecule has 25 heavy (non-hydrogen) atoms. The molecule has 2 aromatic carbocycles. The molecule has 0 saturated carbocycles. The van der Waals surface area contributed by atoms with Crippen LogP contribution in [0.1, 0.15) is 16.8 Å². The van der Waals surface area contributed by atoms with Crippen LogP contribution >= 0.6 is 0 Å². The number of nitrogens with zero attached hydrogens (tertiary/aromatic N) is 2. The Morgan fingerprint density at radius 2 is 1.64 bits per heavy atom. The predicted octanol–water partition coefficient (Wildman–Crippen LogP) is 2.30. The Morgan fingerprint density at radius 3 is 2.16 bits per heavy atom. The number of hydrogen-bond donors (Lipinski definition) is 2. The summed E-state index contributed by atoms with van der Waals surface area (Å²) in [5.74, 6) is -1.17. The molecule has 0 atom stereocenters. The number of nitro groups is 2. The first kappa shape index (κ1) is 17.5. The van der Waals surface area contributed by atoms with Gasteiger partial charge in [-0.1, -0.05) is 0 Å². The monoisotopic (exact) mass is 344 g/mol. The standard InChI is InChI=1S/C15H12N4O6/c16-12-7-10(3-6-13(12)19(24)25)17-15(21)8-14(20)9-1-4-11(5-2-9)18(22)23/h1-7H,8,16H2,(H,17,21). The third-order valence-electron chi connectivity index (χ3n) is 3.23. The van der Waals surface area contributed by atoms with Gasteiger partial charge in [-0.15, -0.1) is 0 Å². The van der Waals surface area contributed by atoms with Crippen molar-refractivity contribution in [2.45, 2.75) is 6.42 Å². The predicted molar refractivity (Wildman–Crippen MR) is 88.2 cm³/mol. The first-order valence-corrected chi connectivity index (χ1v) is 6.89. The largest absolute Gasteiger partial charge is 0.393 e. The van der Waals surface area contributed by atoms with Crippen molar-refractivity contribution in [3.8, 4) is 0 Å². The van der Waals surface area contributed by atoms with E-state index in [4.69, 9.17) is 5.73 Å². The number of nitro benzene ring substituents is 2. The fraction of sp³-hybridized carbons (Fsp3) is 0.0667. The number of carbonyl (C=O) groups is 2. The number of hydrogen-bond acceptors (Lipinski definition) is 7. The van der Waals surface area contributed by atoms with Crippen LogP contribution in [0.4, 0.5) is 22.7 Å². The van der Waals surface area contributed by atoms with Crippen LogP contribution in [-0.4, -0.2) is 21.5 Å². The van der Waals surface area contributed by atoms with Crippen molar-refractivity contribution in [2.75, 3.05) is 11.1 Å². The zero-order valence-electron chi connectivity index (χ0n) is 12.7. The normalized spacial score (nSPS) is 10.1. The number of carbonyl (C=O) groups excluding carboxylic acids is 2. The topological polar surface area (TPSA) is 158 Å². The molecular formula is C15H12N4O6. The summed E-state index contributed by atoms with van der Waals surface area (Å²) >= 11 is 0. The van der Waals surface area contributed by atoms with Crippen molar-refractivity contribution in [3.05, 3.63) is 68.3 Å². The Balaban J connectivity index is 2.02. The van der Waals surface area contributed by atoms with Crippen molar-refractivity contribution < 1.29 is 19.4 Å². The molecule has 0 spiro atoms. The molecule has 3 N–H and O–H groups in total. The summed E-state index contributed by atoms with van der Waals surface area (Å²) in [7, 11) is 0. The molecule has 1 amide bonds. The van der Waals surface area contributed by atoms with Gasteiger partial charge < -0.3 is 11.1 Å². The molecule has 0 aliphatic carbocycles. The van der Waals surface area contributed by atoms with E-state index < -0.39 is 28.0 Å². The Bertz CT molecular complexity index is 863. The summed E-state index contributed by atoms with van der Waals surface area (Å²) in [5.41, 5.74) is 5.31. The summed E-state index contributed by atoms with van der Waals surface area (Å²) in [6, 6.07) is 8.51. The van der Waals surface area contributed by atoms with E-state index in [0.29, 0.717) is 0 Å². The molecule has 0 saturated heterocycles. The molecule has 128 valence electrons. The number of nitrogen functional groups attached to an aromatic ring is 1. The van der Waals surface area contributed by atoms with Gasteiger partial charge in [0, 0.05) is 29.4 Å². The van der Waals surface area contributed by atoms with E-state index in [0.717, 1.165) is 6.07 Å². The van der Waals surface area contributed by atoms with Gasteiger partial charge in [-0.3, -0.25) is 29.8 Å². The highest BCUT2D eigenvalue weighted by Gasteiger charge is 2.16. The number of Topliss-reactive ketones (excluding diaryl/α,β-unsaturated/α-hetero) is 1. The zero-order valence-corrected chi connectivity index (χ0v) is 12.7. The van der Waals surface area contributed by atoms with Crippen LogP contribution in [0.5, 0.6) is 0 Å². The SMILES string of the molecule is Nc1cc(NC(=O)CC(=O)c2ccc([N+](=O)[O-])cc2)ccc1[N+](=O)[O-]. The summed E-state index contributed by atoms with van der Waals surface area (Å²) in [5, 5.41) is 23.6. The van der Waals surface area contributed by atoms with E-state index in [1.807, 2.05) is 0 Å². The Labute approximate surface area is 140 Å². The summed E-state index contributed by atoms with van der Waals surface area (Å²) in [6.45, 7) is 0. The van der Waals surface area contributed by atoms with Gasteiger partial charge >= 0.3 is 0 Å². The van der Waals surface area contributed by atoms with Crippen LogP contribution in [0.25, 0.3) is 0 Å². The lowest BCUT2D eigenvalue weighted by atomic mass is 10.1. The molecular weight excluding hydrogens is 332 g/mol. The van der Waals surface area contributed by atoms with Crippen LogP contribution in [0.2, 0.25) is 0 Å². The molecule has 0 aliphatic heterocycles. The zero-order chi connectivity index (χ0) is 18.6. The van der Waals surface area contributed by atoms with Crippen molar-refractivity contribution in [1.29, 1.82) is 0 Å². The van der Waals surface area contributed by atoms with E-state index in [2.05, 4.69) is 5.32 Å². The maximum absolute atomic E-state index is 12.0. The van der Waals surface area contributed by atoms with Crippen molar-refractivity contribution in [2.24, 2.45) is 0 Å². The molecule has 0 aliphatic rings. The minimum atomic E-state index is -0.654. The number of rotatable bonds is 6. The van der Waals surface area contributed by atoms with Gasteiger partial charge in [-0.25, -0.2) is 0 Å². The Kier molecular flexibility index (Phi) is 5.03. The highest BCUT2D eigenvalue weighted by Crippen LogP contribution is 2.24. The number of non-ortho nitro benzene ring substituents is 1. The summed E-state index contributed by atoms with van der Waals surface area (Å²) < 4.78 is 0. The van der Waals surface area contributed by atoms with E-state index >= 15 is 0 Å². The van der Waals surface area contributed by atoms with Crippen LogP contribution < -0.4 is 11.1 Å². The first-order chi connectivity index (χ1) is 11.8. The molecule has 2 rings (SSSR count). The minimum absolute atomic E-state index is 0.121. The lowest BCUT2D eigenvalue weighted by molar-refractivity contribution is -0.384. The van der Waals surface area contributed by atoms with Gasteiger partial charge in [-0.2, -0.15) is 0 Å². The van der Waals surface area contributed by atoms with Crippen LogP contribution in [0, 0.1) is 20.2 Å². The molecule has 0 aromatic heterocycles. The van der Waals surface area contributed by atoms with Gasteiger partial charge in [0.1, 0.15) is 5.69 Å². The second-order valence-corrected chi connectivity index (χ2v) is 4.98.